The highest BCUT2D eigenvalue weighted by molar-refractivity contribution is 6.22. The van der Waals surface area contributed by atoms with Crippen molar-refractivity contribution < 1.29 is 9.21 Å². The minimum atomic E-state index is 0.00290. The Morgan fingerprint density at radius 3 is 2.96 bits per heavy atom. The van der Waals surface area contributed by atoms with Crippen molar-refractivity contribution in [1.82, 2.24) is 5.32 Å². The van der Waals surface area contributed by atoms with Crippen molar-refractivity contribution in [2.45, 2.75) is 18.5 Å². The number of allylic oxidation sites excluding steroid dienone is 2. The number of rotatable bonds is 0. The summed E-state index contributed by atoms with van der Waals surface area (Å²) in [7, 11) is 0. The second kappa shape index (κ2) is 4.09. The van der Waals surface area contributed by atoms with E-state index in [0.717, 1.165) is 38.8 Å². The van der Waals surface area contributed by atoms with E-state index in [1.807, 2.05) is 24.3 Å². The van der Waals surface area contributed by atoms with Gasteiger partial charge in [-0.05, 0) is 17.2 Å². The molecule has 0 spiro atoms. The van der Waals surface area contributed by atoms with Gasteiger partial charge in [-0.3, -0.25) is 4.79 Å². The predicted molar refractivity (Wildman–Crippen MR) is 93.3 cm³/mol. The molecule has 2 aromatic carbocycles. The van der Waals surface area contributed by atoms with Crippen LogP contribution in [-0.4, -0.2) is 11.9 Å². The van der Waals surface area contributed by atoms with E-state index in [1.165, 1.54) is 5.56 Å². The lowest BCUT2D eigenvalue weighted by Crippen LogP contribution is -2.18. The number of benzene rings is 2. The van der Waals surface area contributed by atoms with Gasteiger partial charge >= 0.3 is 0 Å². The van der Waals surface area contributed by atoms with Gasteiger partial charge in [0.25, 0.3) is 5.91 Å². The van der Waals surface area contributed by atoms with Crippen molar-refractivity contribution in [3.05, 3.63) is 65.3 Å². The zero-order valence-electron chi connectivity index (χ0n) is 12.8. The average molecular weight is 314 g/mol. The molecule has 2 aliphatic heterocycles. The van der Waals surface area contributed by atoms with Gasteiger partial charge in [-0.2, -0.15) is 0 Å². The van der Waals surface area contributed by atoms with Crippen LogP contribution >= 0.6 is 0 Å². The summed E-state index contributed by atoms with van der Waals surface area (Å²) in [6, 6.07) is 8.17. The fourth-order valence-corrected chi connectivity index (χ4v) is 4.42. The fraction of sp³-hybridized carbons (Fsp3) is 0.150. The van der Waals surface area contributed by atoms with Crippen LogP contribution in [0, 0.1) is 0 Å². The number of furan rings is 1. The Balaban J connectivity index is 1.83. The smallest absolute Gasteiger partial charge is 0.252 e. The quantitative estimate of drug-likeness (QED) is 0.663. The number of fused-ring (bicyclic) bond motifs is 10. The molecule has 0 saturated heterocycles. The van der Waals surface area contributed by atoms with Gasteiger partial charge in [-0.25, -0.2) is 0 Å². The molecule has 3 aromatic rings. The molecular formula is C20H14N2O2. The SMILES string of the molecule is O=C1NCc2c3c(c4oc5ccccc5c4c21)NC1C=CC=CC31. The molecule has 2 unspecified atom stereocenters. The summed E-state index contributed by atoms with van der Waals surface area (Å²) < 4.78 is 6.18. The van der Waals surface area contributed by atoms with Crippen molar-refractivity contribution in [3.63, 3.8) is 0 Å². The first-order chi connectivity index (χ1) is 11.8. The fourth-order valence-electron chi connectivity index (χ4n) is 4.42. The van der Waals surface area contributed by atoms with Gasteiger partial charge in [0.05, 0.1) is 17.3 Å². The molecule has 6 rings (SSSR count). The number of hydrogen-bond donors (Lipinski definition) is 2. The van der Waals surface area contributed by atoms with Gasteiger partial charge in [-0.15, -0.1) is 0 Å². The lowest BCUT2D eigenvalue weighted by atomic mass is 9.86. The first kappa shape index (κ1) is 12.4. The minimum Gasteiger partial charge on any atom is -0.454 e. The standard InChI is InChI=1S/C20H14N2O2/c23-20-17-12(9-21-20)15-10-5-1-3-7-13(10)22-18(15)19-16(17)11-6-2-4-8-14(11)24-19/h1-8,10,13,22H,9H2,(H,21,23). The first-order valence-electron chi connectivity index (χ1n) is 8.22. The number of carbonyl (C=O) groups excluding carboxylic acids is 1. The molecule has 3 aliphatic rings. The summed E-state index contributed by atoms with van der Waals surface area (Å²) >= 11 is 0. The van der Waals surface area contributed by atoms with Crippen LogP contribution in [0.2, 0.25) is 0 Å². The van der Waals surface area contributed by atoms with Crippen LogP contribution in [0.15, 0.2) is 53.0 Å². The molecular weight excluding hydrogens is 300 g/mol. The number of nitrogens with one attached hydrogen (secondary N) is 2. The zero-order valence-corrected chi connectivity index (χ0v) is 12.8. The van der Waals surface area contributed by atoms with Crippen molar-refractivity contribution in [3.8, 4) is 0 Å². The highest BCUT2D eigenvalue weighted by atomic mass is 16.3. The van der Waals surface area contributed by atoms with E-state index in [4.69, 9.17) is 4.42 Å². The Labute approximate surface area is 137 Å². The zero-order chi connectivity index (χ0) is 15.8. The normalized spacial score (nSPS) is 23.2. The van der Waals surface area contributed by atoms with Crippen molar-refractivity contribution in [1.29, 1.82) is 0 Å². The number of anilines is 1. The monoisotopic (exact) mass is 314 g/mol. The molecule has 1 aromatic heterocycles. The summed E-state index contributed by atoms with van der Waals surface area (Å²) in [5.74, 6) is 0.257. The van der Waals surface area contributed by atoms with E-state index in [0.29, 0.717) is 6.54 Å². The van der Waals surface area contributed by atoms with Gasteiger partial charge in [0.15, 0.2) is 5.58 Å². The Hall–Kier alpha value is -3.01. The van der Waals surface area contributed by atoms with Gasteiger partial charge in [0.1, 0.15) is 5.58 Å². The first-order valence-corrected chi connectivity index (χ1v) is 8.22. The van der Waals surface area contributed by atoms with Crippen LogP contribution in [0.5, 0.6) is 0 Å². The number of hydrogen-bond acceptors (Lipinski definition) is 3. The Morgan fingerprint density at radius 1 is 1.12 bits per heavy atom. The van der Waals surface area contributed by atoms with E-state index in [9.17, 15) is 4.79 Å². The number of para-hydroxylation sites is 1. The molecule has 0 bridgehead atoms. The van der Waals surface area contributed by atoms with E-state index in [1.54, 1.807) is 0 Å². The summed E-state index contributed by atoms with van der Waals surface area (Å²) in [5, 5.41) is 8.56. The molecule has 0 fully saturated rings. The maximum atomic E-state index is 12.6. The molecule has 3 heterocycles. The summed E-state index contributed by atoms with van der Waals surface area (Å²) in [6.07, 6.45) is 8.54. The van der Waals surface area contributed by atoms with Crippen molar-refractivity contribution >= 4 is 33.5 Å². The minimum absolute atomic E-state index is 0.00290. The molecule has 0 radical (unpaired) electrons. The Kier molecular flexibility index (Phi) is 2.12. The summed E-state index contributed by atoms with van der Waals surface area (Å²) in [6.45, 7) is 0.592. The maximum absolute atomic E-state index is 12.6. The van der Waals surface area contributed by atoms with Crippen LogP contribution in [-0.2, 0) is 6.54 Å². The Morgan fingerprint density at radius 2 is 2.00 bits per heavy atom. The molecule has 24 heavy (non-hydrogen) atoms. The molecule has 116 valence electrons. The molecule has 2 N–H and O–H groups in total. The predicted octanol–water partition coefficient (Wildman–Crippen LogP) is 3.83. The van der Waals surface area contributed by atoms with E-state index < -0.39 is 0 Å². The van der Waals surface area contributed by atoms with Crippen LogP contribution in [0.3, 0.4) is 0 Å². The van der Waals surface area contributed by atoms with Crippen LogP contribution in [0.25, 0.3) is 21.9 Å². The van der Waals surface area contributed by atoms with Gasteiger partial charge in [0, 0.05) is 23.2 Å². The van der Waals surface area contributed by atoms with Crippen molar-refractivity contribution in [2.75, 3.05) is 5.32 Å². The molecule has 1 amide bonds. The summed E-state index contributed by atoms with van der Waals surface area (Å²) in [4.78, 5) is 12.6. The lowest BCUT2D eigenvalue weighted by molar-refractivity contribution is 0.0967. The number of carbonyl (C=O) groups is 1. The third-order valence-corrected chi connectivity index (χ3v) is 5.40. The third-order valence-electron chi connectivity index (χ3n) is 5.40. The van der Waals surface area contributed by atoms with Gasteiger partial charge in [-0.1, -0.05) is 42.5 Å². The van der Waals surface area contributed by atoms with Crippen LogP contribution in [0.1, 0.15) is 27.4 Å². The lowest BCUT2D eigenvalue weighted by Gasteiger charge is -2.16. The van der Waals surface area contributed by atoms with Crippen LogP contribution in [0.4, 0.5) is 5.69 Å². The van der Waals surface area contributed by atoms with E-state index in [-0.39, 0.29) is 17.9 Å². The van der Waals surface area contributed by atoms with Gasteiger partial charge < -0.3 is 15.1 Å². The highest BCUT2D eigenvalue weighted by Crippen LogP contribution is 2.50. The van der Waals surface area contributed by atoms with E-state index in [2.05, 4.69) is 34.9 Å². The molecule has 4 heteroatoms. The largest absolute Gasteiger partial charge is 0.454 e. The summed E-state index contributed by atoms with van der Waals surface area (Å²) in [5.41, 5.74) is 5.79. The highest BCUT2D eigenvalue weighted by Gasteiger charge is 2.39. The second-order valence-corrected chi connectivity index (χ2v) is 6.59. The number of amides is 1. The molecule has 0 saturated carbocycles. The van der Waals surface area contributed by atoms with Crippen LogP contribution < -0.4 is 10.6 Å². The molecule has 1 aliphatic carbocycles. The maximum Gasteiger partial charge on any atom is 0.252 e. The van der Waals surface area contributed by atoms with Gasteiger partial charge in [0.2, 0.25) is 0 Å². The van der Waals surface area contributed by atoms with Crippen molar-refractivity contribution in [2.24, 2.45) is 0 Å². The Bertz CT molecular complexity index is 1120. The average Bonchev–Trinajstić information content (AvgIpc) is 3.27. The molecule has 4 nitrogen and oxygen atoms in total. The molecule has 2 atom stereocenters. The topological polar surface area (TPSA) is 54.3 Å². The third kappa shape index (κ3) is 1.33. The van der Waals surface area contributed by atoms with E-state index >= 15 is 0 Å². The second-order valence-electron chi connectivity index (χ2n) is 6.59.